The summed E-state index contributed by atoms with van der Waals surface area (Å²) in [6.07, 6.45) is 0.0298. The van der Waals surface area contributed by atoms with E-state index in [0.29, 0.717) is 0 Å². The van der Waals surface area contributed by atoms with Gasteiger partial charge in [0.1, 0.15) is 5.41 Å². The highest BCUT2D eigenvalue weighted by Gasteiger charge is 2.78. The summed E-state index contributed by atoms with van der Waals surface area (Å²) in [7, 11) is -3.57. The standard InChI is InChI=1S/C16H25N2O6P/c1-4-22-15(20)13-12-10(25(21,23-5-2)24-6-3)7-16(9-18,14(12)13)11(19)8-17/h10,12-14H,4-8,17H2,1-3H3/t10-,12-,13-,14+,16-/m0/s1. The van der Waals surface area contributed by atoms with Gasteiger partial charge in [-0.25, -0.2) is 0 Å². The van der Waals surface area contributed by atoms with E-state index in [2.05, 4.69) is 6.07 Å². The molecule has 2 aliphatic carbocycles. The van der Waals surface area contributed by atoms with Crippen LogP contribution in [-0.4, -0.2) is 43.8 Å². The smallest absolute Gasteiger partial charge is 0.334 e. The number of nitrogens with two attached hydrogens (primary N) is 1. The lowest BCUT2D eigenvalue weighted by Crippen LogP contribution is -2.38. The van der Waals surface area contributed by atoms with Crippen LogP contribution in [0.15, 0.2) is 0 Å². The average Bonchev–Trinajstić information content (AvgIpc) is 3.22. The van der Waals surface area contributed by atoms with Gasteiger partial charge in [-0.15, -0.1) is 0 Å². The van der Waals surface area contributed by atoms with Crippen LogP contribution in [0, 0.1) is 34.5 Å². The molecule has 5 atom stereocenters. The van der Waals surface area contributed by atoms with Crippen LogP contribution in [0.25, 0.3) is 0 Å². The third-order valence-corrected chi connectivity index (χ3v) is 7.66. The van der Waals surface area contributed by atoms with E-state index in [1.165, 1.54) is 0 Å². The molecule has 2 saturated carbocycles. The van der Waals surface area contributed by atoms with Crippen LogP contribution in [0.2, 0.25) is 0 Å². The van der Waals surface area contributed by atoms with Crippen LogP contribution in [-0.2, 0) is 27.9 Å². The van der Waals surface area contributed by atoms with Gasteiger partial charge >= 0.3 is 13.6 Å². The number of carbonyl (C=O) groups excluding carboxylic acids is 2. The van der Waals surface area contributed by atoms with Gasteiger partial charge in [0.15, 0.2) is 5.78 Å². The van der Waals surface area contributed by atoms with E-state index >= 15 is 0 Å². The van der Waals surface area contributed by atoms with Gasteiger partial charge in [-0.1, -0.05) is 0 Å². The zero-order valence-corrected chi connectivity index (χ0v) is 15.7. The summed E-state index contributed by atoms with van der Waals surface area (Å²) in [5.74, 6) is -2.56. The molecule has 0 amide bonds. The first kappa shape index (κ1) is 20.1. The van der Waals surface area contributed by atoms with E-state index in [0.717, 1.165) is 0 Å². The second-order valence-electron chi connectivity index (χ2n) is 6.24. The summed E-state index contributed by atoms with van der Waals surface area (Å²) < 4.78 is 29.2. The number of ketones is 1. The monoisotopic (exact) mass is 372 g/mol. The molecule has 0 spiro atoms. The highest BCUT2D eigenvalue weighted by Crippen LogP contribution is 2.76. The van der Waals surface area contributed by atoms with Crippen molar-refractivity contribution in [2.75, 3.05) is 26.4 Å². The number of Topliss-reactive ketones (excluding diaryl/α,β-unsaturated/α-hetero) is 1. The number of rotatable bonds is 9. The van der Waals surface area contributed by atoms with Crippen molar-refractivity contribution >= 4 is 19.3 Å². The van der Waals surface area contributed by atoms with Crippen molar-refractivity contribution in [2.45, 2.75) is 32.9 Å². The van der Waals surface area contributed by atoms with Crippen molar-refractivity contribution < 1.29 is 27.9 Å². The number of nitrogens with zero attached hydrogens (tertiary/aromatic N) is 1. The molecule has 25 heavy (non-hydrogen) atoms. The SMILES string of the molecule is CCOC(=O)[C@H]1[C@H]2[C@H]1[C@@](C#N)(C(=O)CN)C[C@@H]2P(=O)(OCC)OCC. The number of nitriles is 1. The Morgan fingerprint density at radius 3 is 2.28 bits per heavy atom. The van der Waals surface area contributed by atoms with Crippen LogP contribution in [0.1, 0.15) is 27.2 Å². The van der Waals surface area contributed by atoms with Crippen molar-refractivity contribution in [1.29, 1.82) is 5.26 Å². The molecule has 2 rings (SSSR count). The normalized spacial score (nSPS) is 33.4. The molecule has 0 heterocycles. The van der Waals surface area contributed by atoms with Crippen molar-refractivity contribution in [3.05, 3.63) is 0 Å². The number of fused-ring (bicyclic) bond motifs is 1. The van der Waals surface area contributed by atoms with Gasteiger partial charge in [-0.2, -0.15) is 5.26 Å². The molecule has 2 N–H and O–H groups in total. The Balaban J connectivity index is 2.43. The van der Waals surface area contributed by atoms with Crippen molar-refractivity contribution in [1.82, 2.24) is 0 Å². The van der Waals surface area contributed by atoms with Gasteiger partial charge in [0.25, 0.3) is 0 Å². The fraction of sp³-hybridized carbons (Fsp3) is 0.812. The predicted molar refractivity (Wildman–Crippen MR) is 88.5 cm³/mol. The molecule has 140 valence electrons. The molecule has 8 nitrogen and oxygen atoms in total. The maximum atomic E-state index is 13.2. The molecule has 2 aliphatic rings. The fourth-order valence-corrected chi connectivity index (χ4v) is 6.65. The molecule has 0 aliphatic heterocycles. The maximum absolute atomic E-state index is 13.2. The van der Waals surface area contributed by atoms with E-state index in [9.17, 15) is 19.4 Å². The van der Waals surface area contributed by atoms with E-state index in [1.807, 2.05) is 0 Å². The first-order valence-electron chi connectivity index (χ1n) is 8.56. The second-order valence-corrected chi connectivity index (χ2v) is 8.50. The number of carbonyl (C=O) groups is 2. The molecular weight excluding hydrogens is 347 g/mol. The molecule has 2 fully saturated rings. The largest absolute Gasteiger partial charge is 0.466 e. The van der Waals surface area contributed by atoms with Gasteiger partial charge < -0.3 is 19.5 Å². The van der Waals surface area contributed by atoms with E-state index in [1.54, 1.807) is 20.8 Å². The molecule has 0 saturated heterocycles. The first-order valence-corrected chi connectivity index (χ1v) is 10.2. The molecule has 0 unspecified atom stereocenters. The molecular formula is C16H25N2O6P. The summed E-state index contributed by atoms with van der Waals surface area (Å²) in [5, 5.41) is 9.74. The Morgan fingerprint density at radius 2 is 1.84 bits per heavy atom. The van der Waals surface area contributed by atoms with Crippen LogP contribution in [0.5, 0.6) is 0 Å². The minimum Gasteiger partial charge on any atom is -0.466 e. The minimum atomic E-state index is -3.57. The first-order chi connectivity index (χ1) is 11.9. The highest BCUT2D eigenvalue weighted by atomic mass is 31.2. The zero-order chi connectivity index (χ0) is 18.8. The molecule has 0 bridgehead atoms. The number of hydrogen-bond donors (Lipinski definition) is 1. The van der Waals surface area contributed by atoms with E-state index < -0.39 is 48.2 Å². The minimum absolute atomic E-state index is 0.0298. The lowest BCUT2D eigenvalue weighted by atomic mass is 9.78. The van der Waals surface area contributed by atoms with Crippen LogP contribution in [0.4, 0.5) is 0 Å². The molecule has 0 radical (unpaired) electrons. The molecule has 9 heteroatoms. The molecule has 0 aromatic carbocycles. The lowest BCUT2D eigenvalue weighted by Gasteiger charge is -2.29. The lowest BCUT2D eigenvalue weighted by molar-refractivity contribution is -0.146. The van der Waals surface area contributed by atoms with Gasteiger partial charge in [0.2, 0.25) is 0 Å². The van der Waals surface area contributed by atoms with Crippen LogP contribution in [0.3, 0.4) is 0 Å². The fourth-order valence-electron chi connectivity index (χ4n) is 4.17. The van der Waals surface area contributed by atoms with Crippen molar-refractivity contribution in [3.63, 3.8) is 0 Å². The maximum Gasteiger partial charge on any atom is 0.334 e. The Labute approximate surface area is 147 Å². The summed E-state index contributed by atoms with van der Waals surface area (Å²) in [4.78, 5) is 24.7. The Morgan fingerprint density at radius 1 is 1.24 bits per heavy atom. The quantitative estimate of drug-likeness (QED) is 0.476. The summed E-state index contributed by atoms with van der Waals surface area (Å²) in [6.45, 7) is 5.28. The van der Waals surface area contributed by atoms with Crippen molar-refractivity contribution in [2.24, 2.45) is 28.9 Å². The van der Waals surface area contributed by atoms with Crippen molar-refractivity contribution in [3.8, 4) is 6.07 Å². The predicted octanol–water partition coefficient (Wildman–Crippen LogP) is 1.49. The Kier molecular flexibility index (Phi) is 6.05. The number of ether oxygens (including phenoxy) is 1. The summed E-state index contributed by atoms with van der Waals surface area (Å²) in [6, 6.07) is 2.06. The van der Waals surface area contributed by atoms with Gasteiger partial charge in [-0.3, -0.25) is 14.2 Å². The van der Waals surface area contributed by atoms with Gasteiger partial charge in [-0.05, 0) is 33.1 Å². The molecule has 0 aromatic heterocycles. The summed E-state index contributed by atoms with van der Waals surface area (Å²) in [5.41, 5.74) is 3.37. The topological polar surface area (TPSA) is 129 Å². The third-order valence-electron chi connectivity index (χ3n) is 5.09. The van der Waals surface area contributed by atoms with E-state index in [4.69, 9.17) is 19.5 Å². The van der Waals surface area contributed by atoms with Crippen LogP contribution < -0.4 is 5.73 Å². The highest BCUT2D eigenvalue weighted by molar-refractivity contribution is 7.54. The third kappa shape index (κ3) is 3.15. The second kappa shape index (κ2) is 7.55. The van der Waals surface area contributed by atoms with Gasteiger partial charge in [0.05, 0.1) is 44.0 Å². The summed E-state index contributed by atoms with van der Waals surface area (Å²) >= 11 is 0. The Bertz CT molecular complexity index is 623. The number of hydrogen-bond acceptors (Lipinski definition) is 8. The Hall–Kier alpha value is -1.26. The molecule has 0 aromatic rings. The average molecular weight is 372 g/mol. The number of esters is 1. The van der Waals surface area contributed by atoms with Crippen LogP contribution >= 0.6 is 7.60 Å². The zero-order valence-electron chi connectivity index (χ0n) is 14.8. The van der Waals surface area contributed by atoms with Gasteiger partial charge in [0, 0.05) is 5.92 Å². The van der Waals surface area contributed by atoms with E-state index in [-0.39, 0.29) is 32.8 Å².